The second kappa shape index (κ2) is 15.9. The number of nitrogens with zero attached hydrogens (tertiary/aromatic N) is 5. The molecule has 5 rings (SSSR count). The molecule has 14 heteroatoms. The van der Waals surface area contributed by atoms with Crippen LogP contribution in [0.15, 0.2) is 59.7 Å². The van der Waals surface area contributed by atoms with E-state index in [1.807, 2.05) is 36.4 Å². The van der Waals surface area contributed by atoms with E-state index in [9.17, 15) is 14.4 Å². The third-order valence-corrected chi connectivity index (χ3v) is 8.81. The lowest BCUT2D eigenvalue weighted by atomic mass is 10.0. The van der Waals surface area contributed by atoms with Crippen molar-refractivity contribution < 1.29 is 19.1 Å². The van der Waals surface area contributed by atoms with Crippen LogP contribution in [0.3, 0.4) is 0 Å². The minimum atomic E-state index is -0.348. The molecule has 1 unspecified atom stereocenters. The Morgan fingerprint density at radius 2 is 1.96 bits per heavy atom. The Morgan fingerprint density at radius 3 is 2.67 bits per heavy atom. The summed E-state index contributed by atoms with van der Waals surface area (Å²) in [5.74, 6) is 1.29. The summed E-state index contributed by atoms with van der Waals surface area (Å²) < 4.78 is 8.39. The number of hydrogen-bond acceptors (Lipinski definition) is 8. The van der Waals surface area contributed by atoms with Crippen LogP contribution in [-0.2, 0) is 34.0 Å². The van der Waals surface area contributed by atoms with Crippen molar-refractivity contribution in [1.82, 2.24) is 30.5 Å². The number of aliphatic imine (C=N–C) groups is 1. The van der Waals surface area contributed by atoms with Crippen molar-refractivity contribution in [1.29, 1.82) is 0 Å². The van der Waals surface area contributed by atoms with Gasteiger partial charge in [0.25, 0.3) is 0 Å². The Kier molecular flexibility index (Phi) is 11.5. The van der Waals surface area contributed by atoms with E-state index in [0.717, 1.165) is 29.0 Å². The first-order chi connectivity index (χ1) is 23.1. The molecule has 252 valence electrons. The zero-order valence-corrected chi connectivity index (χ0v) is 28.6. The van der Waals surface area contributed by atoms with Crippen molar-refractivity contribution >= 4 is 63.6 Å². The predicted octanol–water partition coefficient (Wildman–Crippen LogP) is 4.50. The van der Waals surface area contributed by atoms with Gasteiger partial charge < -0.3 is 24.8 Å². The van der Waals surface area contributed by atoms with E-state index < -0.39 is 0 Å². The van der Waals surface area contributed by atoms with Crippen LogP contribution in [0.4, 0.5) is 5.69 Å². The number of guanidine groups is 1. The van der Waals surface area contributed by atoms with E-state index in [1.54, 1.807) is 25.4 Å². The molecule has 48 heavy (non-hydrogen) atoms. The van der Waals surface area contributed by atoms with Crippen molar-refractivity contribution in [3.8, 4) is 5.75 Å². The van der Waals surface area contributed by atoms with Gasteiger partial charge in [-0.25, -0.2) is 4.98 Å². The van der Waals surface area contributed by atoms with Gasteiger partial charge in [0.15, 0.2) is 5.96 Å². The molecule has 3 amide bonds. The average Bonchev–Trinajstić information content (AvgIpc) is 3.44. The summed E-state index contributed by atoms with van der Waals surface area (Å²) >= 11 is 13.4. The zero-order valence-electron chi connectivity index (χ0n) is 27.1. The number of rotatable bonds is 12. The second-order valence-electron chi connectivity index (χ2n) is 11.4. The van der Waals surface area contributed by atoms with Crippen molar-refractivity contribution in [2.24, 2.45) is 10.9 Å². The maximum atomic E-state index is 13.1. The normalized spacial score (nSPS) is 14.2. The molecule has 3 N–H and O–H groups in total. The molecule has 4 aromatic rings. The summed E-state index contributed by atoms with van der Waals surface area (Å²) in [4.78, 5) is 51.8. The van der Waals surface area contributed by atoms with Crippen LogP contribution in [0.1, 0.15) is 43.8 Å². The van der Waals surface area contributed by atoms with Gasteiger partial charge in [0.2, 0.25) is 17.7 Å². The van der Waals surface area contributed by atoms with E-state index in [0.29, 0.717) is 54.0 Å². The van der Waals surface area contributed by atoms with Crippen LogP contribution in [0.25, 0.3) is 11.0 Å². The number of ether oxygens (including phenoxy) is 1. The number of imidazole rings is 1. The zero-order chi connectivity index (χ0) is 34.2. The van der Waals surface area contributed by atoms with Gasteiger partial charge in [-0.3, -0.25) is 29.7 Å². The average molecular weight is 694 g/mol. The minimum absolute atomic E-state index is 0.0460. The monoisotopic (exact) mass is 692 g/mol. The number of halogens is 2. The molecule has 1 atom stereocenters. The number of nitrogens with one attached hydrogen (secondary N) is 3. The van der Waals surface area contributed by atoms with E-state index in [4.69, 9.17) is 32.9 Å². The first-order valence-corrected chi connectivity index (χ1v) is 16.5. The number of pyridine rings is 1. The molecule has 0 saturated carbocycles. The summed E-state index contributed by atoms with van der Waals surface area (Å²) in [6.07, 6.45) is 3.34. The van der Waals surface area contributed by atoms with E-state index >= 15 is 0 Å². The number of anilines is 1. The molecule has 0 saturated heterocycles. The Bertz CT molecular complexity index is 1830. The fourth-order valence-corrected chi connectivity index (χ4v) is 6.00. The molecule has 0 bridgehead atoms. The van der Waals surface area contributed by atoms with E-state index in [-0.39, 0.29) is 48.2 Å². The van der Waals surface area contributed by atoms with Crippen molar-refractivity contribution in [3.05, 3.63) is 81.9 Å². The molecule has 12 nitrogen and oxygen atoms in total. The highest BCUT2D eigenvalue weighted by Crippen LogP contribution is 2.35. The SMILES string of the molecule is CCc1nc2c(OCc3c(Cl)ccc(N(C)C(=O)CNC(=O)CCC4CN=C(NC(C)=O)NC4)c3Cl)cccc2n1Cc1ccccn1. The van der Waals surface area contributed by atoms with Crippen molar-refractivity contribution in [3.63, 3.8) is 0 Å². The number of carbonyl (C=O) groups is 3. The van der Waals surface area contributed by atoms with Crippen LogP contribution < -0.4 is 25.6 Å². The molecule has 0 aliphatic carbocycles. The minimum Gasteiger partial charge on any atom is -0.486 e. The third-order valence-electron chi connectivity index (χ3n) is 8.03. The summed E-state index contributed by atoms with van der Waals surface area (Å²) in [6.45, 7) is 5.01. The van der Waals surface area contributed by atoms with Crippen LogP contribution in [-0.4, -0.2) is 64.9 Å². The molecule has 1 aliphatic rings. The summed E-state index contributed by atoms with van der Waals surface area (Å²) in [5, 5.41) is 9.03. The number of aryl methyl sites for hydroxylation is 1. The Labute approximate surface area is 288 Å². The summed E-state index contributed by atoms with van der Waals surface area (Å²) in [6, 6.07) is 14.9. The Balaban J connectivity index is 1.20. The molecule has 0 radical (unpaired) electrons. The lowest BCUT2D eigenvalue weighted by Crippen LogP contribution is -2.46. The maximum absolute atomic E-state index is 13.1. The van der Waals surface area contributed by atoms with Crippen LogP contribution in [0, 0.1) is 5.92 Å². The fraction of sp³-hybridized carbons (Fsp3) is 0.353. The number of likely N-dealkylation sites (N-methyl/N-ethyl adjacent to an activating group) is 1. The highest BCUT2D eigenvalue weighted by Gasteiger charge is 2.21. The van der Waals surface area contributed by atoms with Gasteiger partial charge in [0.1, 0.15) is 23.7 Å². The number of benzene rings is 2. The Hall–Kier alpha value is -4.68. The lowest BCUT2D eigenvalue weighted by molar-refractivity contribution is -0.125. The summed E-state index contributed by atoms with van der Waals surface area (Å²) in [5.41, 5.74) is 3.53. The maximum Gasteiger partial charge on any atom is 0.246 e. The topological polar surface area (TPSA) is 143 Å². The summed E-state index contributed by atoms with van der Waals surface area (Å²) in [7, 11) is 1.59. The first kappa shape index (κ1) is 34.6. The standard InChI is InChI=1S/C34H38Cl2N8O4/c1-4-29-42-33-27(44(29)19-23-8-5-6-15-37-23)9-7-10-28(33)48-20-24-25(35)12-13-26(32(24)36)43(3)31(47)18-38-30(46)14-11-22-16-39-34(40-17-22)41-21(2)45/h5-10,12-13,15,22H,4,11,14,16-20H2,1-3H3,(H,38,46)(H2,39,40,41,45). The number of amides is 3. The number of carbonyl (C=O) groups excluding carboxylic acids is 3. The molecule has 1 aliphatic heterocycles. The van der Waals surface area contributed by atoms with Gasteiger partial charge in [0, 0.05) is 56.7 Å². The van der Waals surface area contributed by atoms with Gasteiger partial charge in [-0.2, -0.15) is 0 Å². The molecule has 0 fully saturated rings. The smallest absolute Gasteiger partial charge is 0.246 e. The molecular formula is C34H38Cl2N8O4. The number of para-hydroxylation sites is 1. The molecular weight excluding hydrogens is 655 g/mol. The Morgan fingerprint density at radius 1 is 1.12 bits per heavy atom. The quantitative estimate of drug-likeness (QED) is 0.198. The van der Waals surface area contributed by atoms with Crippen molar-refractivity contribution in [2.75, 3.05) is 31.6 Å². The first-order valence-electron chi connectivity index (χ1n) is 15.7. The number of fused-ring (bicyclic) bond motifs is 1. The molecule has 2 aromatic heterocycles. The van der Waals surface area contributed by atoms with Crippen LogP contribution >= 0.6 is 23.2 Å². The van der Waals surface area contributed by atoms with E-state index in [1.165, 1.54) is 11.8 Å². The highest BCUT2D eigenvalue weighted by atomic mass is 35.5. The van der Waals surface area contributed by atoms with Crippen molar-refractivity contribution in [2.45, 2.75) is 46.3 Å². The highest BCUT2D eigenvalue weighted by molar-refractivity contribution is 6.38. The predicted molar refractivity (Wildman–Crippen MR) is 187 cm³/mol. The van der Waals surface area contributed by atoms with Gasteiger partial charge in [0.05, 0.1) is 35.0 Å². The molecule has 0 spiro atoms. The van der Waals surface area contributed by atoms with Gasteiger partial charge >= 0.3 is 0 Å². The lowest BCUT2D eigenvalue weighted by Gasteiger charge is -2.23. The van der Waals surface area contributed by atoms with Crippen LogP contribution in [0.2, 0.25) is 10.0 Å². The van der Waals surface area contributed by atoms with E-state index in [2.05, 4.69) is 37.4 Å². The fourth-order valence-electron chi connectivity index (χ4n) is 5.39. The third kappa shape index (κ3) is 8.42. The molecule has 2 aromatic carbocycles. The molecule has 3 heterocycles. The van der Waals surface area contributed by atoms with Crippen LogP contribution in [0.5, 0.6) is 5.75 Å². The van der Waals surface area contributed by atoms with Gasteiger partial charge in [-0.05, 0) is 48.7 Å². The second-order valence-corrected chi connectivity index (χ2v) is 12.2. The van der Waals surface area contributed by atoms with Gasteiger partial charge in [-0.1, -0.05) is 42.3 Å². The number of hydrogen-bond donors (Lipinski definition) is 3. The van der Waals surface area contributed by atoms with Gasteiger partial charge in [-0.15, -0.1) is 0 Å². The largest absolute Gasteiger partial charge is 0.486 e. The number of aromatic nitrogens is 3.